The van der Waals surface area contributed by atoms with Crippen LogP contribution in [0.1, 0.15) is 61.8 Å². The summed E-state index contributed by atoms with van der Waals surface area (Å²) >= 11 is 0. The average molecular weight is 321 g/mol. The van der Waals surface area contributed by atoms with Crippen LogP contribution < -0.4 is 5.32 Å². The minimum absolute atomic E-state index is 0.00189. The van der Waals surface area contributed by atoms with Crippen molar-refractivity contribution in [1.29, 1.82) is 0 Å². The van der Waals surface area contributed by atoms with Crippen LogP contribution in [0.4, 0.5) is 0 Å². The molecule has 1 N–H and O–H groups in total. The van der Waals surface area contributed by atoms with Gasteiger partial charge in [0.15, 0.2) is 0 Å². The number of hydrogen-bond acceptors (Lipinski definition) is 2. The first-order valence-electron chi connectivity index (χ1n) is 8.96. The monoisotopic (exact) mass is 320 g/mol. The lowest BCUT2D eigenvalue weighted by Gasteiger charge is -2.39. The summed E-state index contributed by atoms with van der Waals surface area (Å²) in [6, 6.07) is -0.00189. The van der Waals surface area contributed by atoms with Gasteiger partial charge in [0.2, 0.25) is 5.91 Å². The van der Waals surface area contributed by atoms with Gasteiger partial charge in [-0.15, -0.1) is 0 Å². The lowest BCUT2D eigenvalue weighted by molar-refractivity contribution is -0.124. The van der Waals surface area contributed by atoms with E-state index < -0.39 is 0 Å². The van der Waals surface area contributed by atoms with E-state index in [4.69, 9.17) is 0 Å². The number of rotatable bonds is 4. The van der Waals surface area contributed by atoms with E-state index in [1.54, 1.807) is 0 Å². The third-order valence-electron chi connectivity index (χ3n) is 5.72. The second-order valence-corrected chi connectivity index (χ2v) is 10.5. The van der Waals surface area contributed by atoms with Crippen LogP contribution in [0.15, 0.2) is 12.3 Å². The van der Waals surface area contributed by atoms with E-state index in [2.05, 4.69) is 72.2 Å². The third kappa shape index (κ3) is 3.92. The zero-order valence-corrected chi connectivity index (χ0v) is 16.4. The van der Waals surface area contributed by atoms with Crippen LogP contribution in [-0.2, 0) is 4.79 Å². The van der Waals surface area contributed by atoms with Gasteiger partial charge in [0, 0.05) is 25.2 Å². The van der Waals surface area contributed by atoms with Crippen molar-refractivity contribution in [1.82, 2.24) is 10.2 Å². The summed E-state index contributed by atoms with van der Waals surface area (Å²) in [5.74, 6) is 1.72. The third-order valence-corrected chi connectivity index (χ3v) is 5.72. The number of amides is 1. The maximum atomic E-state index is 12.4. The largest absolute Gasteiger partial charge is 0.373 e. The number of carbonyl (C=O) groups is 1. The Kier molecular flexibility index (Phi) is 4.41. The summed E-state index contributed by atoms with van der Waals surface area (Å²) in [7, 11) is 0. The second-order valence-electron chi connectivity index (χ2n) is 10.5. The highest BCUT2D eigenvalue weighted by atomic mass is 16.1. The van der Waals surface area contributed by atoms with Crippen molar-refractivity contribution in [3.8, 4) is 0 Å². The predicted molar refractivity (Wildman–Crippen MR) is 96.9 cm³/mol. The van der Waals surface area contributed by atoms with Crippen LogP contribution in [0.25, 0.3) is 0 Å². The van der Waals surface area contributed by atoms with Crippen molar-refractivity contribution in [2.75, 3.05) is 13.1 Å². The van der Waals surface area contributed by atoms with Crippen molar-refractivity contribution in [2.45, 2.75) is 67.9 Å². The predicted octanol–water partition coefficient (Wildman–Crippen LogP) is 4.06. The van der Waals surface area contributed by atoms with E-state index in [9.17, 15) is 4.79 Å². The molecule has 1 aliphatic heterocycles. The van der Waals surface area contributed by atoms with Crippen molar-refractivity contribution in [2.24, 2.45) is 28.1 Å². The van der Waals surface area contributed by atoms with Crippen molar-refractivity contribution in [3.63, 3.8) is 0 Å². The normalized spacial score (nSPS) is 27.4. The fourth-order valence-electron chi connectivity index (χ4n) is 4.04. The van der Waals surface area contributed by atoms with Gasteiger partial charge in [-0.05, 0) is 28.1 Å². The van der Waals surface area contributed by atoms with Gasteiger partial charge in [-0.2, -0.15) is 0 Å². The Morgan fingerprint density at radius 2 is 1.65 bits per heavy atom. The zero-order chi connectivity index (χ0) is 17.8. The van der Waals surface area contributed by atoms with Crippen LogP contribution >= 0.6 is 0 Å². The number of nitrogens with zero attached hydrogens (tertiary/aromatic N) is 1. The number of likely N-dealkylation sites (tertiary alicyclic amines) is 1. The molecule has 0 aromatic rings. The van der Waals surface area contributed by atoms with Crippen LogP contribution in [0.2, 0.25) is 0 Å². The molecule has 23 heavy (non-hydrogen) atoms. The topological polar surface area (TPSA) is 32.3 Å². The van der Waals surface area contributed by atoms with Crippen molar-refractivity contribution < 1.29 is 4.79 Å². The molecule has 132 valence electrons. The minimum Gasteiger partial charge on any atom is -0.373 e. The Labute approximate surface area is 142 Å². The Balaban J connectivity index is 2.02. The van der Waals surface area contributed by atoms with Gasteiger partial charge >= 0.3 is 0 Å². The van der Waals surface area contributed by atoms with Gasteiger partial charge in [0.25, 0.3) is 0 Å². The van der Waals surface area contributed by atoms with Crippen molar-refractivity contribution >= 4 is 5.91 Å². The molecule has 3 atom stereocenters. The molecule has 2 aliphatic rings. The highest BCUT2D eigenvalue weighted by Crippen LogP contribution is 2.62. The van der Waals surface area contributed by atoms with E-state index in [-0.39, 0.29) is 22.8 Å². The summed E-state index contributed by atoms with van der Waals surface area (Å²) in [5.41, 5.74) is 1.56. The molecule has 1 aliphatic carbocycles. The number of piperidine rings is 1. The van der Waals surface area contributed by atoms with Crippen LogP contribution in [0, 0.1) is 28.1 Å². The van der Waals surface area contributed by atoms with Gasteiger partial charge in [-0.25, -0.2) is 0 Å². The lowest BCUT2D eigenvalue weighted by atomic mass is 9.83. The first-order chi connectivity index (χ1) is 10.2. The summed E-state index contributed by atoms with van der Waals surface area (Å²) in [4.78, 5) is 14.9. The van der Waals surface area contributed by atoms with Gasteiger partial charge < -0.3 is 10.2 Å². The molecule has 3 nitrogen and oxygen atoms in total. The molecule has 3 heteroatoms. The maximum absolute atomic E-state index is 12.4. The highest BCUT2D eigenvalue weighted by Gasteiger charge is 2.62. The van der Waals surface area contributed by atoms with E-state index in [1.807, 2.05) is 0 Å². The first kappa shape index (κ1) is 18.4. The van der Waals surface area contributed by atoms with Crippen LogP contribution in [0.5, 0.6) is 0 Å². The highest BCUT2D eigenvalue weighted by molar-refractivity contribution is 5.77. The average Bonchev–Trinajstić information content (AvgIpc) is 2.75. The lowest BCUT2D eigenvalue weighted by Crippen LogP contribution is -2.49. The number of carbonyl (C=O) groups excluding carboxylic acids is 1. The molecule has 1 amide bonds. The van der Waals surface area contributed by atoms with Crippen LogP contribution in [0.3, 0.4) is 0 Å². The molecule has 0 spiro atoms. The SMILES string of the molecule is C=C(C(NC(=O)CC(C)(C)C)C(C)(C)C)N1CC2C(C1)C2(C)C. The van der Waals surface area contributed by atoms with E-state index in [0.717, 1.165) is 30.6 Å². The van der Waals surface area contributed by atoms with Gasteiger partial charge in [0.05, 0.1) is 6.04 Å². The van der Waals surface area contributed by atoms with Gasteiger partial charge in [0.1, 0.15) is 0 Å². The van der Waals surface area contributed by atoms with Gasteiger partial charge in [-0.1, -0.05) is 62.0 Å². The molecule has 1 saturated heterocycles. The van der Waals surface area contributed by atoms with Gasteiger partial charge in [-0.3, -0.25) is 4.79 Å². The Bertz CT molecular complexity index is 479. The fourth-order valence-corrected chi connectivity index (χ4v) is 4.04. The smallest absolute Gasteiger partial charge is 0.221 e. The van der Waals surface area contributed by atoms with Crippen LogP contribution in [-0.4, -0.2) is 29.9 Å². The minimum atomic E-state index is -0.0348. The molecule has 0 aromatic carbocycles. The Morgan fingerprint density at radius 1 is 1.17 bits per heavy atom. The standard InChI is InChI=1S/C20H36N2O/c1-13(22-11-14-15(12-22)20(14,8)9)17(19(5,6)7)21-16(23)10-18(2,3)4/h14-15,17H,1,10-12H2,2-9H3,(H,21,23). The molecule has 2 fully saturated rings. The number of nitrogens with one attached hydrogen (secondary N) is 1. The summed E-state index contributed by atoms with van der Waals surface area (Å²) in [6.45, 7) is 24.1. The maximum Gasteiger partial charge on any atom is 0.221 e. The molecule has 1 heterocycles. The van der Waals surface area contributed by atoms with Crippen molar-refractivity contribution in [3.05, 3.63) is 12.3 Å². The Hall–Kier alpha value is -0.990. The van der Waals surface area contributed by atoms with E-state index in [1.165, 1.54) is 0 Å². The number of fused-ring (bicyclic) bond motifs is 1. The molecule has 1 saturated carbocycles. The Morgan fingerprint density at radius 3 is 2.04 bits per heavy atom. The molecule has 2 rings (SSSR count). The quantitative estimate of drug-likeness (QED) is 0.847. The molecule has 0 bridgehead atoms. The zero-order valence-electron chi connectivity index (χ0n) is 16.4. The first-order valence-corrected chi connectivity index (χ1v) is 8.96. The second kappa shape index (κ2) is 5.53. The summed E-state index contributed by atoms with van der Waals surface area (Å²) in [6.07, 6.45) is 0.547. The molecule has 0 radical (unpaired) electrons. The molecular formula is C20H36N2O. The molecule has 0 aromatic heterocycles. The van der Waals surface area contributed by atoms with E-state index in [0.29, 0.717) is 11.8 Å². The fraction of sp³-hybridized carbons (Fsp3) is 0.850. The molecule has 3 unspecified atom stereocenters. The molecular weight excluding hydrogens is 284 g/mol. The number of hydrogen-bond donors (Lipinski definition) is 1. The summed E-state index contributed by atoms with van der Waals surface area (Å²) in [5, 5.41) is 3.26. The van der Waals surface area contributed by atoms with E-state index >= 15 is 0 Å². The summed E-state index contributed by atoms with van der Waals surface area (Å²) < 4.78 is 0.